The van der Waals surface area contributed by atoms with Crippen LogP contribution in [-0.4, -0.2) is 17.6 Å². The molecule has 0 saturated heterocycles. The highest BCUT2D eigenvalue weighted by molar-refractivity contribution is 5.92. The number of hydrogen-bond acceptors (Lipinski definition) is 3. The number of nitrogens with one attached hydrogen (secondary N) is 1. The number of ether oxygens (including phenoxy) is 1. The lowest BCUT2D eigenvalue weighted by Gasteiger charge is -2.12. The van der Waals surface area contributed by atoms with Gasteiger partial charge in [0.25, 0.3) is 5.91 Å². The van der Waals surface area contributed by atoms with E-state index in [1.165, 1.54) is 5.56 Å². The van der Waals surface area contributed by atoms with Crippen molar-refractivity contribution in [3.8, 4) is 5.75 Å². The molecule has 0 fully saturated rings. The molecule has 2 aromatic carbocycles. The molecule has 23 heavy (non-hydrogen) atoms. The third-order valence-electron chi connectivity index (χ3n) is 3.65. The van der Waals surface area contributed by atoms with Crippen molar-refractivity contribution in [1.29, 1.82) is 0 Å². The van der Waals surface area contributed by atoms with E-state index in [2.05, 4.69) is 19.2 Å². The number of amides is 1. The molecule has 4 nitrogen and oxygen atoms in total. The van der Waals surface area contributed by atoms with E-state index in [0.717, 1.165) is 11.1 Å². The Labute approximate surface area is 137 Å². The maximum atomic E-state index is 12.1. The Hall–Kier alpha value is -2.33. The first-order valence-corrected chi connectivity index (χ1v) is 7.72. The molecule has 0 saturated carbocycles. The zero-order chi connectivity index (χ0) is 16.8. The second-order valence-electron chi connectivity index (χ2n) is 5.87. The Balaban J connectivity index is 1.96. The van der Waals surface area contributed by atoms with Crippen LogP contribution in [0, 0.1) is 6.92 Å². The van der Waals surface area contributed by atoms with Gasteiger partial charge in [0, 0.05) is 5.69 Å². The van der Waals surface area contributed by atoms with Crippen LogP contribution in [-0.2, 0) is 11.4 Å². The van der Waals surface area contributed by atoms with Gasteiger partial charge in [0.05, 0.1) is 6.61 Å². The quantitative estimate of drug-likeness (QED) is 0.856. The fraction of sp³-hybridized carbons (Fsp3) is 0.316. The lowest BCUT2D eigenvalue weighted by atomic mass is 10.0. The highest BCUT2D eigenvalue weighted by Crippen LogP contribution is 2.20. The lowest BCUT2D eigenvalue weighted by Crippen LogP contribution is -2.20. The number of benzene rings is 2. The predicted octanol–water partition coefficient (Wildman–Crippen LogP) is 3.63. The van der Waals surface area contributed by atoms with E-state index < -0.39 is 0 Å². The topological polar surface area (TPSA) is 58.6 Å². The molecule has 0 bridgehead atoms. The van der Waals surface area contributed by atoms with Crippen LogP contribution in [0.1, 0.15) is 36.5 Å². The van der Waals surface area contributed by atoms with Gasteiger partial charge in [0.2, 0.25) is 0 Å². The van der Waals surface area contributed by atoms with Gasteiger partial charge in [-0.25, -0.2) is 0 Å². The van der Waals surface area contributed by atoms with Crippen LogP contribution in [0.5, 0.6) is 5.75 Å². The largest absolute Gasteiger partial charge is 0.484 e. The molecular formula is C19H23NO3. The lowest BCUT2D eigenvalue weighted by molar-refractivity contribution is -0.118. The Bertz CT molecular complexity index is 680. The van der Waals surface area contributed by atoms with Crippen molar-refractivity contribution in [3.05, 3.63) is 59.2 Å². The number of aryl methyl sites for hydroxylation is 1. The Morgan fingerprint density at radius 1 is 1.22 bits per heavy atom. The zero-order valence-electron chi connectivity index (χ0n) is 13.8. The summed E-state index contributed by atoms with van der Waals surface area (Å²) in [4.78, 5) is 12.1. The number of rotatable bonds is 6. The molecule has 0 atom stereocenters. The third kappa shape index (κ3) is 4.83. The van der Waals surface area contributed by atoms with E-state index in [0.29, 0.717) is 17.4 Å². The SMILES string of the molecule is Cc1ccc(CO)cc1NC(=O)COc1cccc(C(C)C)c1. The number of aliphatic hydroxyl groups excluding tert-OH is 1. The molecule has 4 heteroatoms. The normalized spacial score (nSPS) is 10.7. The van der Waals surface area contributed by atoms with Crippen LogP contribution in [0.2, 0.25) is 0 Å². The van der Waals surface area contributed by atoms with Gasteiger partial charge in [-0.2, -0.15) is 0 Å². The summed E-state index contributed by atoms with van der Waals surface area (Å²) < 4.78 is 5.57. The molecule has 0 unspecified atom stereocenters. The van der Waals surface area contributed by atoms with Gasteiger partial charge in [-0.05, 0) is 47.7 Å². The molecule has 0 heterocycles. The summed E-state index contributed by atoms with van der Waals surface area (Å²) in [6.45, 7) is 6.03. The maximum Gasteiger partial charge on any atom is 0.262 e. The van der Waals surface area contributed by atoms with Gasteiger partial charge in [-0.1, -0.05) is 38.1 Å². The molecule has 1 amide bonds. The van der Waals surface area contributed by atoms with Crippen molar-refractivity contribution in [2.24, 2.45) is 0 Å². The fourth-order valence-electron chi connectivity index (χ4n) is 2.20. The maximum absolute atomic E-state index is 12.1. The van der Waals surface area contributed by atoms with E-state index in [1.54, 1.807) is 6.07 Å². The molecule has 0 aliphatic rings. The monoisotopic (exact) mass is 313 g/mol. The molecule has 2 aromatic rings. The first-order valence-electron chi connectivity index (χ1n) is 7.72. The molecule has 0 aliphatic heterocycles. The number of hydrogen-bond donors (Lipinski definition) is 2. The van der Waals surface area contributed by atoms with Gasteiger partial charge >= 0.3 is 0 Å². The minimum Gasteiger partial charge on any atom is -0.484 e. The molecule has 2 N–H and O–H groups in total. The summed E-state index contributed by atoms with van der Waals surface area (Å²) in [5.74, 6) is 0.876. The van der Waals surface area contributed by atoms with Crippen LogP contribution in [0.25, 0.3) is 0 Å². The van der Waals surface area contributed by atoms with E-state index in [9.17, 15) is 9.90 Å². The Kier molecular flexibility index (Phi) is 5.77. The van der Waals surface area contributed by atoms with Crippen LogP contribution in [0.15, 0.2) is 42.5 Å². The summed E-state index contributed by atoms with van der Waals surface area (Å²) in [5, 5.41) is 12.0. The first kappa shape index (κ1) is 17.0. The van der Waals surface area contributed by atoms with Crippen molar-refractivity contribution in [2.75, 3.05) is 11.9 Å². The molecule has 0 aliphatic carbocycles. The number of carbonyl (C=O) groups is 1. The number of aliphatic hydroxyl groups is 1. The minimum atomic E-state index is -0.224. The standard InChI is InChI=1S/C19H23NO3/c1-13(2)16-5-4-6-17(10-16)23-12-19(22)20-18-9-15(11-21)8-7-14(18)3/h4-10,13,21H,11-12H2,1-3H3,(H,20,22). The van der Waals surface area contributed by atoms with E-state index >= 15 is 0 Å². The van der Waals surface area contributed by atoms with Crippen LogP contribution in [0.4, 0.5) is 5.69 Å². The number of carbonyl (C=O) groups excluding carboxylic acids is 1. The van der Waals surface area contributed by atoms with E-state index in [-0.39, 0.29) is 19.1 Å². The predicted molar refractivity (Wildman–Crippen MR) is 91.8 cm³/mol. The van der Waals surface area contributed by atoms with Crippen molar-refractivity contribution in [1.82, 2.24) is 0 Å². The van der Waals surface area contributed by atoms with E-state index in [1.807, 2.05) is 43.3 Å². The molecular weight excluding hydrogens is 290 g/mol. The average Bonchev–Trinajstić information content (AvgIpc) is 2.55. The van der Waals surface area contributed by atoms with Crippen molar-refractivity contribution >= 4 is 11.6 Å². The summed E-state index contributed by atoms with van der Waals surface area (Å²) >= 11 is 0. The third-order valence-corrected chi connectivity index (χ3v) is 3.65. The Morgan fingerprint density at radius 2 is 2.00 bits per heavy atom. The molecule has 122 valence electrons. The highest BCUT2D eigenvalue weighted by Gasteiger charge is 2.08. The van der Waals surface area contributed by atoms with Gasteiger partial charge in [-0.15, -0.1) is 0 Å². The summed E-state index contributed by atoms with van der Waals surface area (Å²) in [7, 11) is 0. The van der Waals surface area contributed by atoms with E-state index in [4.69, 9.17) is 4.74 Å². The van der Waals surface area contributed by atoms with Crippen LogP contribution >= 0.6 is 0 Å². The van der Waals surface area contributed by atoms with Gasteiger partial charge < -0.3 is 15.2 Å². The second-order valence-corrected chi connectivity index (χ2v) is 5.87. The number of anilines is 1. The van der Waals surface area contributed by atoms with Gasteiger partial charge in [-0.3, -0.25) is 4.79 Å². The summed E-state index contributed by atoms with van der Waals surface area (Å²) in [6.07, 6.45) is 0. The van der Waals surface area contributed by atoms with Gasteiger partial charge in [0.1, 0.15) is 5.75 Å². The first-order chi connectivity index (χ1) is 11.0. The second kappa shape index (κ2) is 7.79. The van der Waals surface area contributed by atoms with Gasteiger partial charge in [0.15, 0.2) is 6.61 Å². The highest BCUT2D eigenvalue weighted by atomic mass is 16.5. The molecule has 0 spiro atoms. The minimum absolute atomic E-state index is 0.0512. The van der Waals surface area contributed by atoms with Crippen molar-refractivity contribution in [3.63, 3.8) is 0 Å². The van der Waals surface area contributed by atoms with Crippen molar-refractivity contribution in [2.45, 2.75) is 33.3 Å². The fourth-order valence-corrected chi connectivity index (χ4v) is 2.20. The van der Waals surface area contributed by atoms with Crippen molar-refractivity contribution < 1.29 is 14.6 Å². The average molecular weight is 313 g/mol. The summed E-state index contributed by atoms with van der Waals surface area (Å²) in [6, 6.07) is 13.2. The molecule has 2 rings (SSSR count). The zero-order valence-corrected chi connectivity index (χ0v) is 13.8. The van der Waals surface area contributed by atoms with Crippen LogP contribution < -0.4 is 10.1 Å². The molecule has 0 aromatic heterocycles. The summed E-state index contributed by atoms with van der Waals surface area (Å²) in [5.41, 5.74) is 3.57. The molecule has 0 radical (unpaired) electrons. The smallest absolute Gasteiger partial charge is 0.262 e. The van der Waals surface area contributed by atoms with Crippen LogP contribution in [0.3, 0.4) is 0 Å². The Morgan fingerprint density at radius 3 is 2.70 bits per heavy atom.